The monoisotopic (exact) mass is 319 g/mol. The SMILES string of the molecule is O=c1cc2c(nn1C1COCC1Nc1nncs1)CCCC2. The van der Waals surface area contributed by atoms with Crippen LogP contribution < -0.4 is 10.9 Å². The zero-order valence-corrected chi connectivity index (χ0v) is 12.9. The van der Waals surface area contributed by atoms with Crippen molar-refractivity contribution in [2.45, 2.75) is 37.8 Å². The van der Waals surface area contributed by atoms with Crippen molar-refractivity contribution in [3.05, 3.63) is 33.2 Å². The van der Waals surface area contributed by atoms with Crippen LogP contribution in [0.2, 0.25) is 0 Å². The van der Waals surface area contributed by atoms with Crippen molar-refractivity contribution >= 4 is 16.5 Å². The van der Waals surface area contributed by atoms with Gasteiger partial charge in [-0.15, -0.1) is 10.2 Å². The van der Waals surface area contributed by atoms with Crippen molar-refractivity contribution in [3.63, 3.8) is 0 Å². The van der Waals surface area contributed by atoms with Gasteiger partial charge in [0.15, 0.2) is 0 Å². The molecule has 1 fully saturated rings. The van der Waals surface area contributed by atoms with E-state index in [0.717, 1.165) is 42.1 Å². The molecule has 1 N–H and O–H groups in total. The molecular formula is C14H17N5O2S. The van der Waals surface area contributed by atoms with Gasteiger partial charge in [0, 0.05) is 6.07 Å². The lowest BCUT2D eigenvalue weighted by atomic mass is 9.97. The number of nitrogens with one attached hydrogen (secondary N) is 1. The third kappa shape index (κ3) is 2.52. The molecule has 3 heterocycles. The van der Waals surface area contributed by atoms with Gasteiger partial charge in [-0.25, -0.2) is 4.68 Å². The second-order valence-electron chi connectivity index (χ2n) is 5.71. The fraction of sp³-hybridized carbons (Fsp3) is 0.571. The summed E-state index contributed by atoms with van der Waals surface area (Å²) >= 11 is 1.44. The van der Waals surface area contributed by atoms with E-state index in [1.54, 1.807) is 16.3 Å². The van der Waals surface area contributed by atoms with Crippen molar-refractivity contribution in [2.75, 3.05) is 18.5 Å². The van der Waals surface area contributed by atoms with Gasteiger partial charge >= 0.3 is 0 Å². The van der Waals surface area contributed by atoms with E-state index in [4.69, 9.17) is 4.74 Å². The van der Waals surface area contributed by atoms with E-state index in [0.29, 0.717) is 13.2 Å². The molecule has 7 nitrogen and oxygen atoms in total. The smallest absolute Gasteiger partial charge is 0.267 e. The lowest BCUT2D eigenvalue weighted by molar-refractivity contribution is 0.182. The van der Waals surface area contributed by atoms with Gasteiger partial charge in [-0.2, -0.15) is 5.10 Å². The number of hydrogen-bond acceptors (Lipinski definition) is 7. The fourth-order valence-electron chi connectivity index (χ4n) is 3.13. The maximum Gasteiger partial charge on any atom is 0.267 e. The quantitative estimate of drug-likeness (QED) is 0.910. The van der Waals surface area contributed by atoms with Gasteiger partial charge in [0.05, 0.1) is 24.9 Å². The van der Waals surface area contributed by atoms with E-state index in [1.165, 1.54) is 11.3 Å². The molecule has 2 aliphatic rings. The molecule has 116 valence electrons. The Bertz CT molecular complexity index is 715. The van der Waals surface area contributed by atoms with Crippen molar-refractivity contribution in [3.8, 4) is 0 Å². The molecule has 0 amide bonds. The molecule has 0 aromatic carbocycles. The normalized spacial score (nSPS) is 24.2. The molecule has 2 aromatic heterocycles. The first kappa shape index (κ1) is 13.8. The highest BCUT2D eigenvalue weighted by Gasteiger charge is 2.32. The fourth-order valence-corrected chi connectivity index (χ4v) is 3.64. The van der Waals surface area contributed by atoms with Crippen LogP contribution in [0.3, 0.4) is 0 Å². The molecule has 2 atom stereocenters. The van der Waals surface area contributed by atoms with Crippen molar-refractivity contribution in [2.24, 2.45) is 0 Å². The molecule has 2 aromatic rings. The Labute approximate surface area is 131 Å². The molecule has 4 rings (SSSR count). The summed E-state index contributed by atoms with van der Waals surface area (Å²) < 4.78 is 7.16. The Morgan fingerprint density at radius 1 is 1.32 bits per heavy atom. The van der Waals surface area contributed by atoms with Gasteiger partial charge in [-0.3, -0.25) is 4.79 Å². The molecule has 8 heteroatoms. The summed E-state index contributed by atoms with van der Waals surface area (Å²) in [5, 5.41) is 16.5. The first-order valence-electron chi connectivity index (χ1n) is 7.53. The Kier molecular flexibility index (Phi) is 3.63. The van der Waals surface area contributed by atoms with Gasteiger partial charge in [-0.05, 0) is 31.2 Å². The van der Waals surface area contributed by atoms with E-state index in [2.05, 4.69) is 20.6 Å². The molecular weight excluding hydrogens is 302 g/mol. The minimum Gasteiger partial charge on any atom is -0.377 e. The van der Waals surface area contributed by atoms with Crippen molar-refractivity contribution in [1.82, 2.24) is 20.0 Å². The second-order valence-corrected chi connectivity index (χ2v) is 6.54. The summed E-state index contributed by atoms with van der Waals surface area (Å²) in [6.45, 7) is 1.03. The topological polar surface area (TPSA) is 81.9 Å². The van der Waals surface area contributed by atoms with E-state index >= 15 is 0 Å². The number of nitrogens with zero attached hydrogens (tertiary/aromatic N) is 4. The lowest BCUT2D eigenvalue weighted by Gasteiger charge is -2.22. The van der Waals surface area contributed by atoms with Gasteiger partial charge in [0.25, 0.3) is 5.56 Å². The van der Waals surface area contributed by atoms with Crippen LogP contribution in [0.5, 0.6) is 0 Å². The summed E-state index contributed by atoms with van der Waals surface area (Å²) in [4.78, 5) is 12.4. The van der Waals surface area contributed by atoms with E-state index in [9.17, 15) is 4.79 Å². The minimum absolute atomic E-state index is 0.0141. The zero-order valence-electron chi connectivity index (χ0n) is 12.1. The molecule has 0 saturated carbocycles. The third-order valence-corrected chi connectivity index (χ3v) is 4.89. The van der Waals surface area contributed by atoms with Crippen LogP contribution in [-0.2, 0) is 17.6 Å². The van der Waals surface area contributed by atoms with Crippen LogP contribution >= 0.6 is 11.3 Å². The van der Waals surface area contributed by atoms with E-state index < -0.39 is 0 Å². The summed E-state index contributed by atoms with van der Waals surface area (Å²) in [5.41, 5.74) is 3.81. The number of aromatic nitrogens is 4. The Hall–Kier alpha value is -1.80. The van der Waals surface area contributed by atoms with Gasteiger partial charge in [-0.1, -0.05) is 11.3 Å². The number of anilines is 1. The van der Waals surface area contributed by atoms with Crippen LogP contribution in [0.15, 0.2) is 16.4 Å². The van der Waals surface area contributed by atoms with Gasteiger partial charge in [0.2, 0.25) is 5.13 Å². The first-order valence-corrected chi connectivity index (χ1v) is 8.41. The molecule has 1 aliphatic carbocycles. The predicted molar refractivity (Wildman–Crippen MR) is 82.3 cm³/mol. The van der Waals surface area contributed by atoms with Crippen molar-refractivity contribution in [1.29, 1.82) is 0 Å². The van der Waals surface area contributed by atoms with Crippen LogP contribution in [0.1, 0.15) is 30.1 Å². The zero-order chi connectivity index (χ0) is 14.9. The molecule has 0 bridgehead atoms. The largest absolute Gasteiger partial charge is 0.377 e. The maximum absolute atomic E-state index is 12.4. The average Bonchev–Trinajstić information content (AvgIpc) is 3.19. The number of hydrogen-bond donors (Lipinski definition) is 1. The molecule has 2 unspecified atom stereocenters. The summed E-state index contributed by atoms with van der Waals surface area (Å²) in [6.07, 6.45) is 4.21. The maximum atomic E-state index is 12.4. The average molecular weight is 319 g/mol. The van der Waals surface area contributed by atoms with Crippen molar-refractivity contribution < 1.29 is 4.74 Å². The van der Waals surface area contributed by atoms with E-state index in [-0.39, 0.29) is 17.6 Å². The van der Waals surface area contributed by atoms with E-state index in [1.807, 2.05) is 0 Å². The number of aryl methyl sites for hydroxylation is 2. The number of fused-ring (bicyclic) bond motifs is 1. The third-order valence-electron chi connectivity index (χ3n) is 4.27. The summed E-state index contributed by atoms with van der Waals surface area (Å²) in [5.74, 6) is 0. The molecule has 1 saturated heterocycles. The minimum atomic E-state index is -0.108. The summed E-state index contributed by atoms with van der Waals surface area (Å²) in [6, 6.07) is 1.63. The number of ether oxygens (including phenoxy) is 1. The summed E-state index contributed by atoms with van der Waals surface area (Å²) in [7, 11) is 0. The highest BCUT2D eigenvalue weighted by molar-refractivity contribution is 7.13. The number of rotatable bonds is 3. The Morgan fingerprint density at radius 2 is 2.23 bits per heavy atom. The van der Waals surface area contributed by atoms with Crippen LogP contribution in [0, 0.1) is 0 Å². The lowest BCUT2D eigenvalue weighted by Crippen LogP contribution is -2.38. The predicted octanol–water partition coefficient (Wildman–Crippen LogP) is 1.03. The van der Waals surface area contributed by atoms with Gasteiger partial charge in [0.1, 0.15) is 11.6 Å². The first-order chi connectivity index (χ1) is 10.8. The Morgan fingerprint density at radius 3 is 3.09 bits per heavy atom. The second kappa shape index (κ2) is 5.77. The molecule has 0 radical (unpaired) electrons. The van der Waals surface area contributed by atoms with Gasteiger partial charge < -0.3 is 10.1 Å². The molecule has 22 heavy (non-hydrogen) atoms. The molecule has 1 aliphatic heterocycles. The highest BCUT2D eigenvalue weighted by Crippen LogP contribution is 2.24. The highest BCUT2D eigenvalue weighted by atomic mass is 32.1. The standard InChI is InChI=1S/C14H17N5O2S/c20-13-5-9-3-1-2-4-10(9)18-19(13)12-7-21-6-11(12)16-14-17-15-8-22-14/h5,8,11-12H,1-4,6-7H2,(H,16,17). The van der Waals surface area contributed by atoms with Crippen LogP contribution in [0.4, 0.5) is 5.13 Å². The molecule has 0 spiro atoms. The van der Waals surface area contributed by atoms with Crippen LogP contribution in [-0.4, -0.2) is 39.2 Å². The Balaban J connectivity index is 1.64. The van der Waals surface area contributed by atoms with Crippen LogP contribution in [0.25, 0.3) is 0 Å².